The van der Waals surface area contributed by atoms with Gasteiger partial charge in [0, 0.05) is 5.39 Å². The van der Waals surface area contributed by atoms with Gasteiger partial charge in [-0.2, -0.15) is 13.7 Å². The third kappa shape index (κ3) is 3.54. The molecule has 0 bridgehead atoms. The predicted octanol–water partition coefficient (Wildman–Crippen LogP) is 2.88. The Kier molecular flexibility index (Phi) is 5.03. The maximum Gasteiger partial charge on any atom is 0.286 e. The Morgan fingerprint density at radius 2 is 1.82 bits per heavy atom. The summed E-state index contributed by atoms with van der Waals surface area (Å²) in [5.41, 5.74) is 3.94. The number of benzene rings is 3. The standard InChI is InChI=1S/C24H17N5O4S/c25-13-15-6-5-7-16(12-15)14-26-29-19-10-3-1-8-17(19)22(30)21(24(29)31)23-27-18-9-2-4-11-20(18)34(32,33)28-23/h1-12,26,30H,14H2,(H,27,28). The second kappa shape index (κ2) is 8.06. The molecule has 0 unspecified atom stereocenters. The Bertz CT molecular complexity index is 1700. The zero-order valence-corrected chi connectivity index (χ0v) is 18.4. The van der Waals surface area contributed by atoms with Crippen molar-refractivity contribution in [2.24, 2.45) is 4.40 Å². The van der Waals surface area contributed by atoms with E-state index in [1.54, 1.807) is 66.7 Å². The van der Waals surface area contributed by atoms with E-state index in [1.165, 1.54) is 10.7 Å². The van der Waals surface area contributed by atoms with Gasteiger partial charge in [0.15, 0.2) is 5.84 Å². The summed E-state index contributed by atoms with van der Waals surface area (Å²) in [5.74, 6) is -0.653. The number of fused-ring (bicyclic) bond motifs is 2. The Balaban J connectivity index is 1.66. The Labute approximate surface area is 194 Å². The first-order chi connectivity index (χ1) is 16.4. The molecule has 0 fully saturated rings. The zero-order valence-electron chi connectivity index (χ0n) is 17.6. The predicted molar refractivity (Wildman–Crippen MR) is 128 cm³/mol. The lowest BCUT2D eigenvalue weighted by Crippen LogP contribution is -2.36. The van der Waals surface area contributed by atoms with Gasteiger partial charge in [0.2, 0.25) is 0 Å². The normalized spacial score (nSPS) is 13.9. The number of anilines is 1. The Morgan fingerprint density at radius 3 is 2.65 bits per heavy atom. The first-order valence-electron chi connectivity index (χ1n) is 10.2. The van der Waals surface area contributed by atoms with Crippen molar-refractivity contribution in [1.82, 2.24) is 4.68 Å². The first-order valence-corrected chi connectivity index (χ1v) is 11.6. The second-order valence-corrected chi connectivity index (χ2v) is 9.14. The van der Waals surface area contributed by atoms with Gasteiger partial charge in [-0.1, -0.05) is 36.4 Å². The second-order valence-electron chi connectivity index (χ2n) is 7.56. The van der Waals surface area contributed by atoms with Crippen molar-refractivity contribution >= 4 is 32.4 Å². The van der Waals surface area contributed by atoms with Crippen LogP contribution in [0.25, 0.3) is 10.9 Å². The van der Waals surface area contributed by atoms with Crippen LogP contribution in [0.4, 0.5) is 5.69 Å². The number of hydrogen-bond acceptors (Lipinski definition) is 7. The summed E-state index contributed by atoms with van der Waals surface area (Å²) in [6.07, 6.45) is 0. The average molecular weight is 471 g/mol. The van der Waals surface area contributed by atoms with Gasteiger partial charge in [-0.25, -0.2) is 4.68 Å². The largest absolute Gasteiger partial charge is 0.506 e. The minimum Gasteiger partial charge on any atom is -0.506 e. The molecule has 0 amide bonds. The van der Waals surface area contributed by atoms with Gasteiger partial charge in [-0.3, -0.25) is 4.79 Å². The summed E-state index contributed by atoms with van der Waals surface area (Å²) in [5, 5.41) is 23.3. The van der Waals surface area contributed by atoms with Crippen molar-refractivity contribution in [3.8, 4) is 11.8 Å². The molecule has 4 aromatic rings. The molecule has 1 aromatic heterocycles. The highest BCUT2D eigenvalue weighted by atomic mass is 32.2. The summed E-state index contributed by atoms with van der Waals surface area (Å²) >= 11 is 0. The fourth-order valence-electron chi connectivity index (χ4n) is 3.84. The van der Waals surface area contributed by atoms with E-state index < -0.39 is 15.6 Å². The molecular formula is C24H17N5O4S. The molecule has 0 spiro atoms. The highest BCUT2D eigenvalue weighted by Gasteiger charge is 2.29. The lowest BCUT2D eigenvalue weighted by atomic mass is 10.1. The third-order valence-corrected chi connectivity index (χ3v) is 6.75. The lowest BCUT2D eigenvalue weighted by Gasteiger charge is -2.21. The van der Waals surface area contributed by atoms with Gasteiger partial charge < -0.3 is 15.8 Å². The van der Waals surface area contributed by atoms with Gasteiger partial charge >= 0.3 is 0 Å². The molecule has 3 aromatic carbocycles. The highest BCUT2D eigenvalue weighted by Crippen LogP contribution is 2.31. The summed E-state index contributed by atoms with van der Waals surface area (Å²) < 4.78 is 30.5. The molecule has 9 nitrogen and oxygen atoms in total. The molecule has 1 aliphatic rings. The number of sulfonamides is 1. The van der Waals surface area contributed by atoms with Crippen molar-refractivity contribution < 1.29 is 13.5 Å². The van der Waals surface area contributed by atoms with Crippen LogP contribution < -0.4 is 16.3 Å². The molecule has 0 saturated carbocycles. The number of nitrogens with one attached hydrogen (secondary N) is 2. The van der Waals surface area contributed by atoms with E-state index in [9.17, 15) is 18.3 Å². The Hall–Kier alpha value is -4.62. The van der Waals surface area contributed by atoms with Crippen LogP contribution in [0.3, 0.4) is 0 Å². The number of nitrogens with zero attached hydrogens (tertiary/aromatic N) is 3. The molecule has 0 atom stereocenters. The van der Waals surface area contributed by atoms with E-state index in [2.05, 4.69) is 21.2 Å². The number of para-hydroxylation sites is 2. The van der Waals surface area contributed by atoms with Gasteiger partial charge in [0.05, 0.1) is 29.4 Å². The summed E-state index contributed by atoms with van der Waals surface area (Å²) in [6.45, 7) is 0.199. The third-order valence-electron chi connectivity index (χ3n) is 5.42. The maximum atomic E-state index is 13.5. The van der Waals surface area contributed by atoms with Crippen LogP contribution in [0.1, 0.15) is 16.7 Å². The molecule has 2 heterocycles. The van der Waals surface area contributed by atoms with Gasteiger partial charge in [-0.05, 0) is 42.0 Å². The van der Waals surface area contributed by atoms with E-state index >= 15 is 0 Å². The molecule has 5 rings (SSSR count). The highest BCUT2D eigenvalue weighted by molar-refractivity contribution is 7.90. The molecule has 168 valence electrons. The van der Waals surface area contributed by atoms with E-state index in [0.29, 0.717) is 16.5 Å². The van der Waals surface area contributed by atoms with Crippen LogP contribution in [-0.4, -0.2) is 24.0 Å². The van der Waals surface area contributed by atoms with Crippen molar-refractivity contribution in [2.75, 3.05) is 10.7 Å². The molecule has 0 saturated heterocycles. The van der Waals surface area contributed by atoms with Crippen LogP contribution in [0.5, 0.6) is 5.75 Å². The minimum absolute atomic E-state index is 0.0187. The molecule has 1 aliphatic heterocycles. The molecule has 0 aliphatic carbocycles. The first kappa shape index (κ1) is 21.2. The summed E-state index contributed by atoms with van der Waals surface area (Å²) in [4.78, 5) is 13.5. The van der Waals surface area contributed by atoms with Crippen LogP contribution in [0.2, 0.25) is 0 Å². The van der Waals surface area contributed by atoms with Crippen LogP contribution >= 0.6 is 0 Å². The number of hydrogen-bond donors (Lipinski definition) is 3. The van der Waals surface area contributed by atoms with Gasteiger partial charge in [-0.15, -0.1) is 4.40 Å². The van der Waals surface area contributed by atoms with E-state index in [4.69, 9.17) is 5.26 Å². The maximum absolute atomic E-state index is 13.5. The monoisotopic (exact) mass is 471 g/mol. The van der Waals surface area contributed by atoms with Crippen LogP contribution in [0.15, 0.2) is 86.9 Å². The smallest absolute Gasteiger partial charge is 0.286 e. The van der Waals surface area contributed by atoms with Crippen molar-refractivity contribution in [3.63, 3.8) is 0 Å². The molecule has 10 heteroatoms. The van der Waals surface area contributed by atoms with Crippen LogP contribution in [-0.2, 0) is 16.6 Å². The van der Waals surface area contributed by atoms with Gasteiger partial charge in [0.1, 0.15) is 16.2 Å². The quantitative estimate of drug-likeness (QED) is 0.416. The van der Waals surface area contributed by atoms with E-state index in [-0.39, 0.29) is 34.3 Å². The van der Waals surface area contributed by atoms with E-state index in [0.717, 1.165) is 5.56 Å². The fraction of sp³-hybridized carbons (Fsp3) is 0.0417. The van der Waals surface area contributed by atoms with Crippen LogP contribution in [0, 0.1) is 11.3 Å². The zero-order chi connectivity index (χ0) is 23.9. The SMILES string of the molecule is N#Cc1cccc(CNn2c(=O)c(C3=NS(=O)(=O)c4ccccc4N3)c(O)c3ccccc32)c1. The number of aromatic nitrogens is 1. The van der Waals surface area contributed by atoms with Crippen molar-refractivity contribution in [2.45, 2.75) is 11.4 Å². The van der Waals surface area contributed by atoms with Crippen molar-refractivity contribution in [3.05, 3.63) is 99.8 Å². The Morgan fingerprint density at radius 1 is 1.06 bits per heavy atom. The number of pyridine rings is 1. The number of nitriles is 1. The molecule has 0 radical (unpaired) electrons. The number of rotatable bonds is 4. The lowest BCUT2D eigenvalue weighted by molar-refractivity contribution is 0.478. The number of aromatic hydroxyl groups is 1. The topological polar surface area (TPSA) is 137 Å². The summed E-state index contributed by atoms with van der Waals surface area (Å²) in [6, 6.07) is 21.9. The van der Waals surface area contributed by atoms with E-state index in [1.807, 2.05) is 0 Å². The molecular weight excluding hydrogens is 454 g/mol. The fourth-order valence-corrected chi connectivity index (χ4v) is 4.96. The minimum atomic E-state index is -4.09. The van der Waals surface area contributed by atoms with Gasteiger partial charge in [0.25, 0.3) is 15.6 Å². The number of amidine groups is 1. The average Bonchev–Trinajstić information content (AvgIpc) is 2.84. The molecule has 34 heavy (non-hydrogen) atoms. The van der Waals surface area contributed by atoms with Crippen molar-refractivity contribution in [1.29, 1.82) is 5.26 Å². The molecule has 3 N–H and O–H groups in total. The summed E-state index contributed by atoms with van der Waals surface area (Å²) in [7, 11) is -4.09.